The van der Waals surface area contributed by atoms with Crippen LogP contribution in [0.3, 0.4) is 0 Å². The Hall–Kier alpha value is -1.68. The Labute approximate surface area is 102 Å². The zero-order valence-corrected chi connectivity index (χ0v) is 10.1. The van der Waals surface area contributed by atoms with Crippen molar-refractivity contribution in [1.82, 2.24) is 4.98 Å². The summed E-state index contributed by atoms with van der Waals surface area (Å²) >= 11 is 3.38. The zero-order chi connectivity index (χ0) is 11.2. The SMILES string of the molecule is Brc1ccc(NN=Cc2cccnc2)cc1. The summed E-state index contributed by atoms with van der Waals surface area (Å²) in [5.41, 5.74) is 4.85. The van der Waals surface area contributed by atoms with E-state index in [-0.39, 0.29) is 0 Å². The van der Waals surface area contributed by atoms with Crippen molar-refractivity contribution in [3.8, 4) is 0 Å². The van der Waals surface area contributed by atoms with Crippen LogP contribution >= 0.6 is 15.9 Å². The molecule has 2 aromatic rings. The topological polar surface area (TPSA) is 37.3 Å². The number of hydrazone groups is 1. The molecule has 80 valence electrons. The van der Waals surface area contributed by atoms with E-state index in [9.17, 15) is 0 Å². The average Bonchev–Trinajstić information content (AvgIpc) is 2.33. The van der Waals surface area contributed by atoms with Gasteiger partial charge in [0, 0.05) is 22.4 Å². The monoisotopic (exact) mass is 275 g/mol. The highest BCUT2D eigenvalue weighted by atomic mass is 79.9. The van der Waals surface area contributed by atoms with E-state index in [0.29, 0.717) is 0 Å². The normalized spacial score (nSPS) is 10.6. The lowest BCUT2D eigenvalue weighted by atomic mass is 10.3. The molecule has 0 fully saturated rings. The predicted octanol–water partition coefficient (Wildman–Crippen LogP) is 3.29. The van der Waals surface area contributed by atoms with Gasteiger partial charge in [0.25, 0.3) is 0 Å². The molecule has 0 aliphatic rings. The Morgan fingerprint density at radius 3 is 2.69 bits per heavy atom. The van der Waals surface area contributed by atoms with Crippen LogP contribution in [0, 0.1) is 0 Å². The minimum Gasteiger partial charge on any atom is -0.279 e. The van der Waals surface area contributed by atoms with Crippen molar-refractivity contribution in [1.29, 1.82) is 0 Å². The molecule has 0 unspecified atom stereocenters. The fourth-order valence-electron chi connectivity index (χ4n) is 1.16. The maximum absolute atomic E-state index is 4.11. The van der Waals surface area contributed by atoms with Gasteiger partial charge in [0.05, 0.1) is 11.9 Å². The first kappa shape index (κ1) is 10.8. The fourth-order valence-corrected chi connectivity index (χ4v) is 1.42. The molecule has 0 aliphatic heterocycles. The maximum Gasteiger partial charge on any atom is 0.0562 e. The van der Waals surface area contributed by atoms with Crippen LogP contribution in [0.4, 0.5) is 5.69 Å². The van der Waals surface area contributed by atoms with Crippen LogP contribution < -0.4 is 5.43 Å². The van der Waals surface area contributed by atoms with Crippen LogP contribution in [0.2, 0.25) is 0 Å². The van der Waals surface area contributed by atoms with Gasteiger partial charge in [0.15, 0.2) is 0 Å². The lowest BCUT2D eigenvalue weighted by Crippen LogP contribution is -1.90. The van der Waals surface area contributed by atoms with Crippen molar-refractivity contribution in [2.24, 2.45) is 5.10 Å². The molecule has 0 bridgehead atoms. The molecule has 0 spiro atoms. The quantitative estimate of drug-likeness (QED) is 0.690. The second-order valence-corrected chi connectivity index (χ2v) is 4.08. The van der Waals surface area contributed by atoms with E-state index in [4.69, 9.17) is 0 Å². The van der Waals surface area contributed by atoms with Crippen molar-refractivity contribution in [2.45, 2.75) is 0 Å². The second kappa shape index (κ2) is 5.42. The van der Waals surface area contributed by atoms with Gasteiger partial charge < -0.3 is 0 Å². The average molecular weight is 276 g/mol. The van der Waals surface area contributed by atoms with Gasteiger partial charge in [0.2, 0.25) is 0 Å². The maximum atomic E-state index is 4.11. The molecule has 3 nitrogen and oxygen atoms in total. The number of anilines is 1. The van der Waals surface area contributed by atoms with E-state index in [1.54, 1.807) is 18.6 Å². The van der Waals surface area contributed by atoms with Gasteiger partial charge >= 0.3 is 0 Å². The summed E-state index contributed by atoms with van der Waals surface area (Å²) < 4.78 is 1.05. The lowest BCUT2D eigenvalue weighted by Gasteiger charge is -1.99. The molecule has 1 heterocycles. The highest BCUT2D eigenvalue weighted by molar-refractivity contribution is 9.10. The number of pyridine rings is 1. The molecule has 1 aromatic carbocycles. The van der Waals surface area contributed by atoms with E-state index in [2.05, 4.69) is 31.4 Å². The smallest absolute Gasteiger partial charge is 0.0562 e. The van der Waals surface area contributed by atoms with Crippen LogP contribution in [0.5, 0.6) is 0 Å². The molecule has 4 heteroatoms. The van der Waals surface area contributed by atoms with E-state index < -0.39 is 0 Å². The Bertz CT molecular complexity index is 465. The number of benzene rings is 1. The Balaban J connectivity index is 1.97. The van der Waals surface area contributed by atoms with Crippen LogP contribution in [-0.4, -0.2) is 11.2 Å². The summed E-state index contributed by atoms with van der Waals surface area (Å²) in [4.78, 5) is 4.00. The number of hydrogen-bond acceptors (Lipinski definition) is 3. The van der Waals surface area contributed by atoms with Crippen molar-refractivity contribution >= 4 is 27.8 Å². The third-order valence-electron chi connectivity index (χ3n) is 1.94. The zero-order valence-electron chi connectivity index (χ0n) is 8.47. The van der Waals surface area contributed by atoms with Gasteiger partial charge in [-0.2, -0.15) is 5.10 Å². The standard InChI is InChI=1S/C12H10BrN3/c13-11-3-5-12(6-4-11)16-15-9-10-2-1-7-14-8-10/h1-9,16H. The molecule has 0 amide bonds. The van der Waals surface area contributed by atoms with E-state index in [1.807, 2.05) is 36.4 Å². The third kappa shape index (κ3) is 3.17. The van der Waals surface area contributed by atoms with E-state index in [0.717, 1.165) is 15.7 Å². The molecule has 0 saturated heterocycles. The minimum atomic E-state index is 0.948. The summed E-state index contributed by atoms with van der Waals surface area (Å²) in [6.07, 6.45) is 5.22. The van der Waals surface area contributed by atoms with Crippen LogP contribution in [-0.2, 0) is 0 Å². The molecular weight excluding hydrogens is 266 g/mol. The molecule has 0 aliphatic carbocycles. The summed E-state index contributed by atoms with van der Waals surface area (Å²) in [6.45, 7) is 0. The first-order valence-corrected chi connectivity index (χ1v) is 5.58. The summed E-state index contributed by atoms with van der Waals surface area (Å²) in [5.74, 6) is 0. The van der Waals surface area contributed by atoms with E-state index >= 15 is 0 Å². The number of halogens is 1. The first-order valence-electron chi connectivity index (χ1n) is 4.79. The largest absolute Gasteiger partial charge is 0.279 e. The predicted molar refractivity (Wildman–Crippen MR) is 69.6 cm³/mol. The molecule has 16 heavy (non-hydrogen) atoms. The molecule has 2 rings (SSSR count). The highest BCUT2D eigenvalue weighted by Gasteiger charge is 1.89. The lowest BCUT2D eigenvalue weighted by molar-refractivity contribution is 1.30. The number of aromatic nitrogens is 1. The van der Waals surface area contributed by atoms with E-state index in [1.165, 1.54) is 0 Å². The van der Waals surface area contributed by atoms with Crippen LogP contribution in [0.25, 0.3) is 0 Å². The molecule has 0 radical (unpaired) electrons. The fraction of sp³-hybridized carbons (Fsp3) is 0. The second-order valence-electron chi connectivity index (χ2n) is 3.16. The van der Waals surface area contributed by atoms with Gasteiger partial charge in [-0.3, -0.25) is 10.4 Å². The van der Waals surface area contributed by atoms with Crippen molar-refractivity contribution in [3.05, 3.63) is 58.8 Å². The van der Waals surface area contributed by atoms with Crippen molar-refractivity contribution in [3.63, 3.8) is 0 Å². The van der Waals surface area contributed by atoms with Gasteiger partial charge in [-0.25, -0.2) is 0 Å². The Morgan fingerprint density at radius 1 is 1.19 bits per heavy atom. The van der Waals surface area contributed by atoms with Gasteiger partial charge in [-0.05, 0) is 30.3 Å². The number of hydrogen-bond donors (Lipinski definition) is 1. The molecule has 1 aromatic heterocycles. The number of rotatable bonds is 3. The third-order valence-corrected chi connectivity index (χ3v) is 2.46. The van der Waals surface area contributed by atoms with Gasteiger partial charge in [-0.15, -0.1) is 0 Å². The molecule has 0 saturated carbocycles. The Morgan fingerprint density at radius 2 is 2.00 bits per heavy atom. The van der Waals surface area contributed by atoms with Crippen molar-refractivity contribution in [2.75, 3.05) is 5.43 Å². The van der Waals surface area contributed by atoms with Gasteiger partial charge in [0.1, 0.15) is 0 Å². The molecule has 1 N–H and O–H groups in total. The van der Waals surface area contributed by atoms with Crippen molar-refractivity contribution < 1.29 is 0 Å². The highest BCUT2D eigenvalue weighted by Crippen LogP contribution is 2.13. The summed E-state index contributed by atoms with van der Waals surface area (Å²) in [7, 11) is 0. The number of nitrogens with one attached hydrogen (secondary N) is 1. The van der Waals surface area contributed by atoms with Crippen LogP contribution in [0.1, 0.15) is 5.56 Å². The summed E-state index contributed by atoms with van der Waals surface area (Å²) in [5, 5.41) is 4.11. The van der Waals surface area contributed by atoms with Crippen LogP contribution in [0.15, 0.2) is 58.4 Å². The first-order chi connectivity index (χ1) is 7.84. The minimum absolute atomic E-state index is 0.948. The summed E-state index contributed by atoms with van der Waals surface area (Å²) in [6, 6.07) is 11.6. The molecule has 0 atom stereocenters. The Kier molecular flexibility index (Phi) is 3.66. The van der Waals surface area contributed by atoms with Gasteiger partial charge in [-0.1, -0.05) is 22.0 Å². The molecular formula is C12H10BrN3. The number of nitrogens with zero attached hydrogens (tertiary/aromatic N) is 2.